The van der Waals surface area contributed by atoms with Crippen LogP contribution < -0.4 is 9.32 Å². The maximum Gasteiger partial charge on any atom is 0.381 e. The summed E-state index contributed by atoms with van der Waals surface area (Å²) in [6, 6.07) is 2.30. The van der Waals surface area contributed by atoms with Gasteiger partial charge in [-0.2, -0.15) is 13.6 Å². The molecule has 0 atom stereocenters. The van der Waals surface area contributed by atoms with E-state index in [1.807, 2.05) is 0 Å². The minimum absolute atomic E-state index is 0.653. The zero-order valence-corrected chi connectivity index (χ0v) is 6.58. The van der Waals surface area contributed by atoms with E-state index in [4.69, 9.17) is 0 Å². The lowest BCUT2D eigenvalue weighted by molar-refractivity contribution is 0.449. The summed E-state index contributed by atoms with van der Waals surface area (Å²) in [5.41, 5.74) is 0. The van der Waals surface area contributed by atoms with Crippen molar-refractivity contribution >= 4 is 10.3 Å². The van der Waals surface area contributed by atoms with Gasteiger partial charge in [0.15, 0.2) is 5.82 Å². The van der Waals surface area contributed by atoms with Gasteiger partial charge in [-0.1, -0.05) is 0 Å². The largest absolute Gasteiger partial charge is 0.381 e. The summed E-state index contributed by atoms with van der Waals surface area (Å²) in [7, 11) is -4.20. The van der Waals surface area contributed by atoms with Crippen LogP contribution in [0.2, 0.25) is 0 Å². The Balaban J connectivity index is 2.98. The Hall–Kier alpha value is -1.21. The highest BCUT2D eigenvalue weighted by atomic mass is 32.2. The molecule has 66 valence electrons. The molecule has 0 radical (unpaired) electrons. The highest BCUT2D eigenvalue weighted by Gasteiger charge is 2.10. The Morgan fingerprint density at radius 2 is 2.25 bits per heavy atom. The Morgan fingerprint density at radius 1 is 1.58 bits per heavy atom. The van der Waals surface area contributed by atoms with Crippen molar-refractivity contribution in [2.75, 3.05) is 0 Å². The number of halogens is 1. The Labute approximate surface area is 68.2 Å². The lowest BCUT2D eigenvalue weighted by Crippen LogP contribution is -2.20. The first-order valence-corrected chi connectivity index (χ1v) is 4.29. The molecule has 5 nitrogen and oxygen atoms in total. The van der Waals surface area contributed by atoms with Gasteiger partial charge in [-0.25, -0.2) is 9.37 Å². The van der Waals surface area contributed by atoms with Crippen LogP contribution in [0, 0.1) is 5.82 Å². The average molecular weight is 192 g/mol. The van der Waals surface area contributed by atoms with E-state index in [1.54, 1.807) is 0 Å². The first-order valence-electron chi connectivity index (χ1n) is 2.82. The predicted octanol–water partition coefficient (Wildman–Crippen LogP) is -0.197. The molecule has 0 aliphatic carbocycles. The van der Waals surface area contributed by atoms with E-state index in [9.17, 15) is 12.8 Å². The van der Waals surface area contributed by atoms with Crippen LogP contribution in [0.1, 0.15) is 0 Å². The van der Waals surface area contributed by atoms with Crippen molar-refractivity contribution in [1.82, 2.24) is 4.98 Å². The van der Waals surface area contributed by atoms with Gasteiger partial charge >= 0.3 is 10.3 Å². The molecule has 0 bridgehead atoms. The lowest BCUT2D eigenvalue weighted by atomic mass is 10.5. The third-order valence-electron chi connectivity index (χ3n) is 0.920. The van der Waals surface area contributed by atoms with Crippen LogP contribution in [-0.2, 0) is 10.3 Å². The second-order valence-corrected chi connectivity index (χ2v) is 3.02. The van der Waals surface area contributed by atoms with Gasteiger partial charge in [0, 0.05) is 6.20 Å². The van der Waals surface area contributed by atoms with Crippen molar-refractivity contribution in [2.24, 2.45) is 5.14 Å². The van der Waals surface area contributed by atoms with E-state index in [0.717, 1.165) is 6.07 Å². The molecule has 0 saturated carbocycles. The van der Waals surface area contributed by atoms with Crippen LogP contribution in [0.4, 0.5) is 4.39 Å². The van der Waals surface area contributed by atoms with E-state index < -0.39 is 22.0 Å². The normalized spacial score (nSPS) is 11.2. The van der Waals surface area contributed by atoms with Crippen LogP contribution >= 0.6 is 0 Å². The fraction of sp³-hybridized carbons (Fsp3) is 0. The molecular weight excluding hydrogens is 187 g/mol. The van der Waals surface area contributed by atoms with E-state index >= 15 is 0 Å². The van der Waals surface area contributed by atoms with Crippen LogP contribution in [-0.4, -0.2) is 13.4 Å². The Kier molecular flexibility index (Phi) is 2.25. The van der Waals surface area contributed by atoms with Gasteiger partial charge in [-0.05, 0) is 12.1 Å². The minimum atomic E-state index is -4.20. The number of hydrogen-bond donors (Lipinski definition) is 1. The van der Waals surface area contributed by atoms with Gasteiger partial charge in [0.25, 0.3) is 5.88 Å². The molecule has 1 aromatic heterocycles. The first-order chi connectivity index (χ1) is 5.49. The quantitative estimate of drug-likeness (QED) is 0.703. The van der Waals surface area contributed by atoms with Gasteiger partial charge in [0.05, 0.1) is 0 Å². The van der Waals surface area contributed by atoms with Crippen LogP contribution in [0.25, 0.3) is 0 Å². The zero-order valence-electron chi connectivity index (χ0n) is 5.77. The second-order valence-electron chi connectivity index (χ2n) is 1.87. The van der Waals surface area contributed by atoms with Crippen molar-refractivity contribution in [3.05, 3.63) is 24.1 Å². The first kappa shape index (κ1) is 8.88. The monoisotopic (exact) mass is 192 g/mol. The summed E-state index contributed by atoms with van der Waals surface area (Å²) in [6.45, 7) is 0. The highest BCUT2D eigenvalue weighted by Crippen LogP contribution is 2.11. The van der Waals surface area contributed by atoms with Gasteiger partial charge in [-0.15, -0.1) is 0 Å². The molecule has 12 heavy (non-hydrogen) atoms. The summed E-state index contributed by atoms with van der Waals surface area (Å²) in [6.07, 6.45) is 1.18. The molecule has 0 aliphatic heterocycles. The third-order valence-corrected chi connectivity index (χ3v) is 1.31. The van der Waals surface area contributed by atoms with Crippen molar-refractivity contribution in [1.29, 1.82) is 0 Å². The minimum Gasteiger partial charge on any atom is -0.347 e. The molecule has 0 fully saturated rings. The van der Waals surface area contributed by atoms with Crippen LogP contribution in [0.3, 0.4) is 0 Å². The number of aromatic nitrogens is 1. The zero-order chi connectivity index (χ0) is 9.19. The topological polar surface area (TPSA) is 82.3 Å². The summed E-state index contributed by atoms with van der Waals surface area (Å²) in [4.78, 5) is 3.31. The predicted molar refractivity (Wildman–Crippen MR) is 37.9 cm³/mol. The summed E-state index contributed by atoms with van der Waals surface area (Å²) < 4.78 is 37.2. The average Bonchev–Trinajstić information content (AvgIpc) is 1.91. The van der Waals surface area contributed by atoms with Gasteiger partial charge < -0.3 is 4.18 Å². The molecule has 0 spiro atoms. The molecule has 1 rings (SSSR count). The van der Waals surface area contributed by atoms with E-state index in [1.165, 1.54) is 12.3 Å². The standard InChI is InChI=1S/C5H5FN2O3S/c6-4-2-1-3-8-5(4)11-12(7,9)10/h1-3H,(H2,7,9,10). The third kappa shape index (κ3) is 2.44. The van der Waals surface area contributed by atoms with Crippen molar-refractivity contribution in [3.63, 3.8) is 0 Å². The Bertz CT molecular complexity index is 378. The van der Waals surface area contributed by atoms with Gasteiger partial charge in [0.2, 0.25) is 0 Å². The molecule has 0 aromatic carbocycles. The smallest absolute Gasteiger partial charge is 0.347 e. The molecule has 2 N–H and O–H groups in total. The second kappa shape index (κ2) is 3.03. The fourth-order valence-electron chi connectivity index (χ4n) is 0.543. The summed E-state index contributed by atoms with van der Waals surface area (Å²) in [5, 5.41) is 4.48. The highest BCUT2D eigenvalue weighted by molar-refractivity contribution is 7.84. The SMILES string of the molecule is NS(=O)(=O)Oc1ncccc1F. The number of nitrogens with zero attached hydrogens (tertiary/aromatic N) is 1. The molecule has 0 unspecified atom stereocenters. The number of hydrogen-bond acceptors (Lipinski definition) is 4. The molecule has 7 heteroatoms. The fourth-order valence-corrected chi connectivity index (χ4v) is 0.885. The molecular formula is C5H5FN2O3S. The maximum atomic E-state index is 12.6. The van der Waals surface area contributed by atoms with E-state index in [0.29, 0.717) is 0 Å². The summed E-state index contributed by atoms with van der Waals surface area (Å²) in [5.74, 6) is -1.54. The molecule has 1 heterocycles. The van der Waals surface area contributed by atoms with Gasteiger partial charge in [0.1, 0.15) is 0 Å². The van der Waals surface area contributed by atoms with E-state index in [2.05, 4.69) is 14.3 Å². The molecule has 1 aromatic rings. The lowest BCUT2D eigenvalue weighted by Gasteiger charge is -2.00. The maximum absolute atomic E-state index is 12.6. The number of pyridine rings is 1. The van der Waals surface area contributed by atoms with E-state index in [-0.39, 0.29) is 0 Å². The molecule has 0 amide bonds. The van der Waals surface area contributed by atoms with Gasteiger partial charge in [-0.3, -0.25) is 0 Å². The summed E-state index contributed by atoms with van der Waals surface area (Å²) >= 11 is 0. The van der Waals surface area contributed by atoms with Crippen molar-refractivity contribution in [2.45, 2.75) is 0 Å². The molecule has 0 saturated heterocycles. The van der Waals surface area contributed by atoms with Crippen molar-refractivity contribution in [3.8, 4) is 5.88 Å². The van der Waals surface area contributed by atoms with Crippen LogP contribution in [0.15, 0.2) is 18.3 Å². The Morgan fingerprint density at radius 3 is 2.75 bits per heavy atom. The number of nitrogens with two attached hydrogens (primary N) is 1. The molecule has 0 aliphatic rings. The van der Waals surface area contributed by atoms with Crippen molar-refractivity contribution < 1.29 is 17.0 Å². The number of rotatable bonds is 2. The van der Waals surface area contributed by atoms with Crippen LogP contribution in [0.5, 0.6) is 5.88 Å².